The fraction of sp³-hybridized carbons (Fsp3) is 0.471. The van der Waals surface area contributed by atoms with Crippen LogP contribution in [0, 0.1) is 17.2 Å². The van der Waals surface area contributed by atoms with Gasteiger partial charge in [0.15, 0.2) is 0 Å². The molecule has 0 unspecified atom stereocenters. The Morgan fingerprint density at radius 1 is 1.38 bits per heavy atom. The van der Waals surface area contributed by atoms with Crippen LogP contribution in [0.2, 0.25) is 0 Å². The smallest absolute Gasteiger partial charge is 0.249 e. The second kappa shape index (κ2) is 5.26. The lowest BCUT2D eigenvalue weighted by Crippen LogP contribution is -2.42. The first-order chi connectivity index (χ1) is 11.5. The summed E-state index contributed by atoms with van der Waals surface area (Å²) in [5.74, 6) is -3.40. The van der Waals surface area contributed by atoms with Gasteiger partial charge in [0, 0.05) is 24.8 Å². The Labute approximate surface area is 137 Å². The Bertz CT molecular complexity index is 855. The van der Waals surface area contributed by atoms with Crippen molar-refractivity contribution in [2.75, 3.05) is 5.32 Å². The van der Waals surface area contributed by atoms with Crippen molar-refractivity contribution in [3.63, 3.8) is 0 Å². The molecule has 1 aromatic heterocycles. The number of nitrogens with zero attached hydrogens (tertiary/aromatic N) is 3. The molecule has 2 fully saturated rings. The summed E-state index contributed by atoms with van der Waals surface area (Å²) < 4.78 is 27.9. The van der Waals surface area contributed by atoms with Crippen molar-refractivity contribution in [3.8, 4) is 6.07 Å². The molecule has 5 nitrogen and oxygen atoms in total. The number of alkyl halides is 2. The van der Waals surface area contributed by atoms with Crippen LogP contribution in [0.4, 0.5) is 14.7 Å². The number of nitriles is 1. The van der Waals surface area contributed by atoms with Gasteiger partial charge in [0.05, 0.1) is 22.7 Å². The van der Waals surface area contributed by atoms with E-state index in [-0.39, 0.29) is 6.04 Å². The quantitative estimate of drug-likeness (QED) is 0.934. The van der Waals surface area contributed by atoms with Crippen LogP contribution in [0.15, 0.2) is 18.2 Å². The Morgan fingerprint density at radius 2 is 2.12 bits per heavy atom. The number of hydrogen-bond acceptors (Lipinski definition) is 3. The number of fused-ring (bicyclic) bond motifs is 1. The molecule has 0 saturated heterocycles. The lowest BCUT2D eigenvalue weighted by molar-refractivity contribution is -0.145. The SMILES string of the molecule is N#Cc1ccc2nc(NC(=O)C3CC(F)(F)C3)n(C3CCC3)c2c1. The highest BCUT2D eigenvalue weighted by Gasteiger charge is 2.49. The Balaban J connectivity index is 1.67. The van der Waals surface area contributed by atoms with Crippen molar-refractivity contribution in [3.05, 3.63) is 23.8 Å². The number of rotatable bonds is 3. The van der Waals surface area contributed by atoms with Gasteiger partial charge in [-0.05, 0) is 37.5 Å². The summed E-state index contributed by atoms with van der Waals surface area (Å²) in [6.45, 7) is 0. The third-order valence-electron chi connectivity index (χ3n) is 4.95. The third-order valence-corrected chi connectivity index (χ3v) is 4.95. The van der Waals surface area contributed by atoms with Gasteiger partial charge in [-0.3, -0.25) is 10.1 Å². The van der Waals surface area contributed by atoms with Crippen LogP contribution in [0.3, 0.4) is 0 Å². The number of amides is 1. The summed E-state index contributed by atoms with van der Waals surface area (Å²) in [7, 11) is 0. The molecule has 1 aromatic carbocycles. The number of hydrogen-bond donors (Lipinski definition) is 1. The summed E-state index contributed by atoms with van der Waals surface area (Å²) in [4.78, 5) is 16.7. The maximum absolute atomic E-state index is 13.0. The molecule has 2 aliphatic rings. The van der Waals surface area contributed by atoms with Gasteiger partial charge in [-0.1, -0.05) is 0 Å². The van der Waals surface area contributed by atoms with Gasteiger partial charge in [-0.2, -0.15) is 5.26 Å². The van der Waals surface area contributed by atoms with E-state index in [4.69, 9.17) is 5.26 Å². The highest BCUT2D eigenvalue weighted by Crippen LogP contribution is 2.43. The van der Waals surface area contributed by atoms with Gasteiger partial charge in [0.1, 0.15) is 0 Å². The first-order valence-corrected chi connectivity index (χ1v) is 8.08. The minimum Gasteiger partial charge on any atom is -0.307 e. The van der Waals surface area contributed by atoms with E-state index in [0.29, 0.717) is 17.0 Å². The van der Waals surface area contributed by atoms with Crippen LogP contribution in [0.1, 0.15) is 43.7 Å². The fourth-order valence-corrected chi connectivity index (χ4v) is 3.32. The summed E-state index contributed by atoms with van der Waals surface area (Å²) in [6.07, 6.45) is 2.26. The molecule has 1 heterocycles. The van der Waals surface area contributed by atoms with Gasteiger partial charge >= 0.3 is 0 Å². The molecule has 4 rings (SSSR count). The molecule has 24 heavy (non-hydrogen) atoms. The molecule has 0 bridgehead atoms. The van der Waals surface area contributed by atoms with Crippen molar-refractivity contribution < 1.29 is 13.6 Å². The van der Waals surface area contributed by atoms with Gasteiger partial charge in [0.2, 0.25) is 17.8 Å². The van der Waals surface area contributed by atoms with Gasteiger partial charge < -0.3 is 4.57 Å². The van der Waals surface area contributed by atoms with Crippen LogP contribution in [-0.4, -0.2) is 21.4 Å². The molecule has 0 atom stereocenters. The molecular weight excluding hydrogens is 314 g/mol. The van der Waals surface area contributed by atoms with Crippen LogP contribution in [0.5, 0.6) is 0 Å². The molecule has 7 heteroatoms. The minimum atomic E-state index is -2.72. The standard InChI is InChI=1S/C17H16F2N4O/c18-17(19)7-11(8-17)15(24)22-16-21-13-5-4-10(9-20)6-14(13)23(16)12-2-1-3-12/h4-6,11-12H,1-3,7-8H2,(H,21,22,24). The number of benzene rings is 1. The summed E-state index contributed by atoms with van der Waals surface area (Å²) in [5, 5.41) is 11.8. The van der Waals surface area contributed by atoms with E-state index in [1.54, 1.807) is 18.2 Å². The van der Waals surface area contributed by atoms with E-state index in [0.717, 1.165) is 24.8 Å². The predicted molar refractivity (Wildman–Crippen MR) is 83.6 cm³/mol. The molecule has 0 spiro atoms. The number of carbonyl (C=O) groups excluding carboxylic acids is 1. The molecule has 0 radical (unpaired) electrons. The zero-order valence-corrected chi connectivity index (χ0v) is 12.9. The molecule has 2 saturated carbocycles. The highest BCUT2D eigenvalue weighted by molar-refractivity contribution is 5.94. The first-order valence-electron chi connectivity index (χ1n) is 8.08. The molecule has 1 amide bonds. The zero-order valence-electron chi connectivity index (χ0n) is 12.9. The third kappa shape index (κ3) is 2.42. The second-order valence-corrected chi connectivity index (χ2v) is 6.66. The first kappa shape index (κ1) is 15.1. The molecule has 2 aromatic rings. The Hall–Kier alpha value is -2.49. The Morgan fingerprint density at radius 3 is 2.71 bits per heavy atom. The van der Waals surface area contributed by atoms with Crippen molar-refractivity contribution in [2.24, 2.45) is 5.92 Å². The topological polar surface area (TPSA) is 70.7 Å². The van der Waals surface area contributed by atoms with E-state index < -0.39 is 30.6 Å². The number of anilines is 1. The maximum Gasteiger partial charge on any atom is 0.249 e. The van der Waals surface area contributed by atoms with E-state index in [2.05, 4.69) is 16.4 Å². The molecule has 2 aliphatic carbocycles. The highest BCUT2D eigenvalue weighted by atomic mass is 19.3. The number of imidazole rings is 1. The van der Waals surface area contributed by atoms with Crippen LogP contribution in [0.25, 0.3) is 11.0 Å². The second-order valence-electron chi connectivity index (χ2n) is 6.66. The average Bonchev–Trinajstić information content (AvgIpc) is 2.80. The number of carbonyl (C=O) groups is 1. The molecule has 124 valence electrons. The van der Waals surface area contributed by atoms with Crippen LogP contribution in [-0.2, 0) is 4.79 Å². The van der Waals surface area contributed by atoms with Crippen LogP contribution < -0.4 is 5.32 Å². The van der Waals surface area contributed by atoms with E-state index in [9.17, 15) is 13.6 Å². The lowest BCUT2D eigenvalue weighted by Gasteiger charge is -2.34. The van der Waals surface area contributed by atoms with Crippen molar-refractivity contribution >= 4 is 22.9 Å². The fourth-order valence-electron chi connectivity index (χ4n) is 3.32. The average molecular weight is 330 g/mol. The van der Waals surface area contributed by atoms with Crippen molar-refractivity contribution in [1.29, 1.82) is 5.26 Å². The Kier molecular flexibility index (Phi) is 3.30. The number of nitrogens with one attached hydrogen (secondary N) is 1. The van der Waals surface area contributed by atoms with Crippen molar-refractivity contribution in [1.82, 2.24) is 9.55 Å². The summed E-state index contributed by atoms with van der Waals surface area (Å²) >= 11 is 0. The van der Waals surface area contributed by atoms with Gasteiger partial charge in [-0.25, -0.2) is 13.8 Å². The van der Waals surface area contributed by atoms with Gasteiger partial charge in [0.25, 0.3) is 0 Å². The summed E-state index contributed by atoms with van der Waals surface area (Å²) in [5.41, 5.74) is 2.02. The van der Waals surface area contributed by atoms with Crippen LogP contribution >= 0.6 is 0 Å². The molecule has 0 aliphatic heterocycles. The monoisotopic (exact) mass is 330 g/mol. The zero-order chi connectivity index (χ0) is 16.9. The van der Waals surface area contributed by atoms with E-state index in [1.807, 2.05) is 4.57 Å². The normalized spacial score (nSPS) is 20.2. The summed E-state index contributed by atoms with van der Waals surface area (Å²) in [6, 6.07) is 7.51. The predicted octanol–water partition coefficient (Wildman–Crippen LogP) is 3.62. The lowest BCUT2D eigenvalue weighted by atomic mass is 9.81. The van der Waals surface area contributed by atoms with Gasteiger partial charge in [-0.15, -0.1) is 0 Å². The molecular formula is C17H16F2N4O. The van der Waals surface area contributed by atoms with E-state index >= 15 is 0 Å². The van der Waals surface area contributed by atoms with E-state index in [1.165, 1.54) is 0 Å². The minimum absolute atomic E-state index is 0.224. The number of halogens is 2. The molecule has 1 N–H and O–H groups in total. The van der Waals surface area contributed by atoms with Crippen molar-refractivity contribution in [2.45, 2.75) is 44.1 Å². The maximum atomic E-state index is 13.0. The number of aromatic nitrogens is 2. The largest absolute Gasteiger partial charge is 0.307 e.